The number of rotatable bonds is 2. The fourth-order valence-corrected chi connectivity index (χ4v) is 2.22. The minimum absolute atomic E-state index is 0. The van der Waals surface area contributed by atoms with E-state index in [-0.39, 0.29) is 18.4 Å². The molecule has 1 aliphatic carbocycles. The highest BCUT2D eigenvalue weighted by molar-refractivity contribution is 9.10. The van der Waals surface area contributed by atoms with Gasteiger partial charge in [-0.25, -0.2) is 0 Å². The van der Waals surface area contributed by atoms with Gasteiger partial charge in [0.15, 0.2) is 0 Å². The number of phenolic OH excluding ortho intramolecular Hbond substituents is 1. The summed E-state index contributed by atoms with van der Waals surface area (Å²) in [6.45, 7) is 0. The highest BCUT2D eigenvalue weighted by Gasteiger charge is 2.27. The molecule has 1 fully saturated rings. The maximum atomic E-state index is 9.67. The average molecular weight is 293 g/mol. The molecular weight excluding hydrogens is 277 g/mol. The van der Waals surface area contributed by atoms with Crippen LogP contribution in [-0.4, -0.2) is 5.11 Å². The molecule has 15 heavy (non-hydrogen) atoms. The molecule has 1 aliphatic rings. The Morgan fingerprint density at radius 2 is 2.07 bits per heavy atom. The van der Waals surface area contributed by atoms with Crippen molar-refractivity contribution in [2.75, 3.05) is 0 Å². The van der Waals surface area contributed by atoms with Gasteiger partial charge in [-0.3, -0.25) is 0 Å². The van der Waals surface area contributed by atoms with Gasteiger partial charge in [-0.2, -0.15) is 0 Å². The van der Waals surface area contributed by atoms with Crippen LogP contribution in [0.1, 0.15) is 30.9 Å². The van der Waals surface area contributed by atoms with E-state index in [9.17, 15) is 5.11 Å². The van der Waals surface area contributed by atoms with E-state index in [0.717, 1.165) is 10.0 Å². The lowest BCUT2D eigenvalue weighted by molar-refractivity contribution is 0.260. The van der Waals surface area contributed by atoms with Gasteiger partial charge in [0.05, 0.1) is 0 Å². The lowest BCUT2D eigenvalue weighted by Crippen LogP contribution is -2.26. The van der Waals surface area contributed by atoms with Gasteiger partial charge in [0.1, 0.15) is 5.75 Å². The van der Waals surface area contributed by atoms with Crippen molar-refractivity contribution in [3.63, 3.8) is 0 Å². The molecule has 1 aromatic rings. The minimum Gasteiger partial charge on any atom is -0.508 e. The van der Waals surface area contributed by atoms with Gasteiger partial charge < -0.3 is 10.8 Å². The number of benzene rings is 1. The third kappa shape index (κ3) is 2.65. The molecule has 0 spiro atoms. The van der Waals surface area contributed by atoms with Gasteiger partial charge in [0.25, 0.3) is 0 Å². The Morgan fingerprint density at radius 3 is 2.60 bits per heavy atom. The van der Waals surface area contributed by atoms with Crippen LogP contribution in [0.25, 0.3) is 0 Å². The number of hydrogen-bond acceptors (Lipinski definition) is 2. The van der Waals surface area contributed by atoms with E-state index < -0.39 is 0 Å². The maximum absolute atomic E-state index is 9.67. The molecule has 2 rings (SSSR count). The Hall–Kier alpha value is -0.250. The van der Waals surface area contributed by atoms with Crippen molar-refractivity contribution in [1.29, 1.82) is 0 Å². The number of nitrogens with two attached hydrogens (primary N) is 1. The number of phenols is 1. The van der Waals surface area contributed by atoms with E-state index in [2.05, 4.69) is 15.9 Å². The summed E-state index contributed by atoms with van der Waals surface area (Å²) in [6.07, 6.45) is 3.65. The molecular formula is C11H15BrClNO. The van der Waals surface area contributed by atoms with Crippen LogP contribution in [0.3, 0.4) is 0 Å². The Labute approximate surface area is 104 Å². The van der Waals surface area contributed by atoms with Crippen LogP contribution in [0.4, 0.5) is 0 Å². The van der Waals surface area contributed by atoms with Gasteiger partial charge in [0.2, 0.25) is 0 Å². The molecule has 1 atom stereocenters. The third-order valence-electron chi connectivity index (χ3n) is 3.01. The molecule has 0 heterocycles. The zero-order chi connectivity index (χ0) is 10.1. The van der Waals surface area contributed by atoms with Crippen molar-refractivity contribution < 1.29 is 5.11 Å². The summed E-state index contributed by atoms with van der Waals surface area (Å²) in [4.78, 5) is 0. The number of halogens is 2. The Bertz CT molecular complexity index is 341. The summed E-state index contributed by atoms with van der Waals surface area (Å²) in [5.74, 6) is 0.864. The fourth-order valence-electron chi connectivity index (χ4n) is 1.85. The molecule has 1 aromatic carbocycles. The molecule has 0 radical (unpaired) electrons. The molecule has 0 saturated heterocycles. The standard InChI is InChI=1S/C11H14BrNO.ClH/c12-8-4-5-10(14)9(6-8)11(13)7-2-1-3-7;/h4-7,11,14H,1-3,13H2;1H/t11-;/m1./s1. The quantitative estimate of drug-likeness (QED) is 0.878. The molecule has 3 N–H and O–H groups in total. The Kier molecular flexibility index (Phi) is 4.44. The Morgan fingerprint density at radius 1 is 1.40 bits per heavy atom. The van der Waals surface area contributed by atoms with Crippen LogP contribution in [0.5, 0.6) is 5.75 Å². The van der Waals surface area contributed by atoms with Gasteiger partial charge >= 0.3 is 0 Å². The van der Waals surface area contributed by atoms with E-state index in [1.807, 2.05) is 12.1 Å². The molecule has 0 aromatic heterocycles. The molecule has 0 unspecified atom stereocenters. The second kappa shape index (κ2) is 5.19. The summed E-state index contributed by atoms with van der Waals surface area (Å²) in [6, 6.07) is 5.42. The fraction of sp³-hybridized carbons (Fsp3) is 0.455. The van der Waals surface area contributed by atoms with Crippen LogP contribution in [-0.2, 0) is 0 Å². The van der Waals surface area contributed by atoms with Crippen molar-refractivity contribution in [3.05, 3.63) is 28.2 Å². The van der Waals surface area contributed by atoms with Crippen LogP contribution < -0.4 is 5.73 Å². The highest BCUT2D eigenvalue weighted by atomic mass is 79.9. The lowest BCUT2D eigenvalue weighted by Gasteiger charge is -2.31. The normalized spacial score (nSPS) is 17.7. The van der Waals surface area contributed by atoms with E-state index in [1.165, 1.54) is 19.3 Å². The van der Waals surface area contributed by atoms with Gasteiger partial charge in [-0.15, -0.1) is 12.4 Å². The zero-order valence-corrected chi connectivity index (χ0v) is 10.7. The number of aromatic hydroxyl groups is 1. The first-order valence-electron chi connectivity index (χ1n) is 4.92. The van der Waals surface area contributed by atoms with Crippen LogP contribution in [0.2, 0.25) is 0 Å². The smallest absolute Gasteiger partial charge is 0.120 e. The van der Waals surface area contributed by atoms with Crippen molar-refractivity contribution in [3.8, 4) is 5.75 Å². The summed E-state index contributed by atoms with van der Waals surface area (Å²) < 4.78 is 0.972. The SMILES string of the molecule is Cl.N[C@@H](c1cc(Br)ccc1O)C1CCC1. The van der Waals surface area contributed by atoms with E-state index in [0.29, 0.717) is 11.7 Å². The monoisotopic (exact) mass is 291 g/mol. The first kappa shape index (κ1) is 12.8. The van der Waals surface area contributed by atoms with Crippen molar-refractivity contribution in [2.24, 2.45) is 11.7 Å². The van der Waals surface area contributed by atoms with Crippen LogP contribution in [0.15, 0.2) is 22.7 Å². The molecule has 2 nitrogen and oxygen atoms in total. The third-order valence-corrected chi connectivity index (χ3v) is 3.50. The predicted molar refractivity (Wildman–Crippen MR) is 67.3 cm³/mol. The Balaban J connectivity index is 0.00000112. The second-order valence-corrected chi connectivity index (χ2v) is 4.84. The van der Waals surface area contributed by atoms with Crippen LogP contribution in [0, 0.1) is 5.92 Å². The summed E-state index contributed by atoms with van der Waals surface area (Å²) in [5.41, 5.74) is 6.95. The highest BCUT2D eigenvalue weighted by Crippen LogP contribution is 2.39. The average Bonchev–Trinajstić information content (AvgIpc) is 2.06. The molecule has 0 bridgehead atoms. The van der Waals surface area contributed by atoms with Gasteiger partial charge in [-0.05, 0) is 37.0 Å². The molecule has 4 heteroatoms. The van der Waals surface area contributed by atoms with E-state index in [1.54, 1.807) is 6.07 Å². The van der Waals surface area contributed by atoms with Gasteiger partial charge in [-0.1, -0.05) is 22.4 Å². The second-order valence-electron chi connectivity index (χ2n) is 3.92. The summed E-state index contributed by atoms with van der Waals surface area (Å²) in [5, 5.41) is 9.67. The molecule has 84 valence electrons. The topological polar surface area (TPSA) is 46.2 Å². The first-order valence-corrected chi connectivity index (χ1v) is 5.72. The number of hydrogen-bond donors (Lipinski definition) is 2. The predicted octanol–water partition coefficient (Wildman–Crippen LogP) is 3.38. The summed E-state index contributed by atoms with van der Waals surface area (Å²) in [7, 11) is 0. The van der Waals surface area contributed by atoms with Gasteiger partial charge in [0, 0.05) is 16.1 Å². The zero-order valence-electron chi connectivity index (χ0n) is 8.32. The lowest BCUT2D eigenvalue weighted by atomic mass is 9.77. The van der Waals surface area contributed by atoms with E-state index in [4.69, 9.17) is 5.73 Å². The molecule has 1 saturated carbocycles. The minimum atomic E-state index is -0.0127. The van der Waals surface area contributed by atoms with Crippen molar-refractivity contribution >= 4 is 28.3 Å². The molecule has 0 aliphatic heterocycles. The van der Waals surface area contributed by atoms with Crippen molar-refractivity contribution in [2.45, 2.75) is 25.3 Å². The van der Waals surface area contributed by atoms with E-state index >= 15 is 0 Å². The van der Waals surface area contributed by atoms with Crippen molar-refractivity contribution in [1.82, 2.24) is 0 Å². The first-order chi connectivity index (χ1) is 6.68. The van der Waals surface area contributed by atoms with Crippen LogP contribution >= 0.6 is 28.3 Å². The molecule has 0 amide bonds. The summed E-state index contributed by atoms with van der Waals surface area (Å²) >= 11 is 3.39. The largest absolute Gasteiger partial charge is 0.508 e. The maximum Gasteiger partial charge on any atom is 0.120 e.